The number of nitrogens with one attached hydrogen (secondary N) is 3. The number of pyridine rings is 1. The summed E-state index contributed by atoms with van der Waals surface area (Å²) in [4.78, 5) is 20.5. The van der Waals surface area contributed by atoms with Crippen LogP contribution in [0.2, 0.25) is 5.02 Å². The van der Waals surface area contributed by atoms with E-state index >= 15 is 0 Å². The molecule has 0 radical (unpaired) electrons. The average Bonchev–Trinajstić information content (AvgIpc) is 3.17. The Hall–Kier alpha value is -3.30. The van der Waals surface area contributed by atoms with Gasteiger partial charge in [-0.1, -0.05) is 17.7 Å². The van der Waals surface area contributed by atoms with Gasteiger partial charge in [0.05, 0.1) is 22.8 Å². The minimum Gasteiger partial charge on any atom is -0.350 e. The average molecular weight is 414 g/mol. The van der Waals surface area contributed by atoms with Gasteiger partial charge >= 0.3 is 0 Å². The van der Waals surface area contributed by atoms with E-state index in [1.54, 1.807) is 18.5 Å². The number of imidazole rings is 1. The molecule has 4 rings (SSSR count). The first kappa shape index (κ1) is 19.0. The molecule has 148 valence electrons. The van der Waals surface area contributed by atoms with Crippen molar-refractivity contribution in [2.24, 2.45) is 9.98 Å². The fourth-order valence-electron chi connectivity index (χ4n) is 2.89. The van der Waals surface area contributed by atoms with E-state index in [1.165, 1.54) is 18.2 Å². The zero-order valence-corrected chi connectivity index (χ0v) is 15.9. The Bertz CT molecular complexity index is 1140. The van der Waals surface area contributed by atoms with E-state index in [-0.39, 0.29) is 10.9 Å². The van der Waals surface area contributed by atoms with E-state index in [0.29, 0.717) is 34.9 Å². The van der Waals surface area contributed by atoms with Crippen molar-refractivity contribution in [3.05, 3.63) is 59.1 Å². The number of aromatic nitrogens is 3. The highest BCUT2D eigenvalue weighted by Crippen LogP contribution is 2.23. The number of anilines is 1. The molecule has 0 fully saturated rings. The molecule has 0 atom stereocenters. The zero-order chi connectivity index (χ0) is 20.2. The number of hydroxylamine groups is 1. The largest absolute Gasteiger partial charge is 0.350 e. The zero-order valence-electron chi connectivity index (χ0n) is 15.2. The molecule has 0 saturated carbocycles. The number of hydrogen-bond donors (Lipinski definition) is 4. The van der Waals surface area contributed by atoms with Crippen LogP contribution in [-0.4, -0.2) is 38.3 Å². The normalized spacial score (nSPS) is 14.2. The first-order chi connectivity index (χ1) is 14.1. The third-order valence-corrected chi connectivity index (χ3v) is 4.61. The lowest BCUT2D eigenvalue weighted by molar-refractivity contribution is 0.235. The van der Waals surface area contributed by atoms with E-state index in [1.807, 2.05) is 6.08 Å². The van der Waals surface area contributed by atoms with Crippen molar-refractivity contribution >= 4 is 45.9 Å². The number of H-pyrrole nitrogens is 1. The van der Waals surface area contributed by atoms with Crippen molar-refractivity contribution in [3.8, 4) is 0 Å². The number of allylic oxidation sites excluding steroid dienone is 1. The minimum absolute atomic E-state index is 0.0584. The van der Waals surface area contributed by atoms with Crippen molar-refractivity contribution in [1.29, 1.82) is 0 Å². The number of hydrogen-bond acceptors (Lipinski definition) is 6. The molecule has 4 N–H and O–H groups in total. The highest BCUT2D eigenvalue weighted by molar-refractivity contribution is 6.31. The van der Waals surface area contributed by atoms with Crippen molar-refractivity contribution in [1.82, 2.24) is 20.4 Å². The number of amidine groups is 1. The number of aromatic amines is 1. The molecule has 8 nitrogen and oxygen atoms in total. The molecule has 1 aliphatic rings. The summed E-state index contributed by atoms with van der Waals surface area (Å²) in [5.41, 5.74) is 5.06. The number of halogens is 2. The molecule has 0 aliphatic carbocycles. The van der Waals surface area contributed by atoms with E-state index < -0.39 is 5.82 Å². The molecule has 0 bridgehead atoms. The second kappa shape index (κ2) is 8.38. The van der Waals surface area contributed by atoms with Crippen LogP contribution in [0, 0.1) is 5.82 Å². The molecule has 3 heterocycles. The molecule has 2 aromatic heterocycles. The van der Waals surface area contributed by atoms with Crippen LogP contribution in [0.3, 0.4) is 0 Å². The Balaban J connectivity index is 1.64. The Kier molecular flexibility index (Phi) is 5.50. The molecule has 0 spiro atoms. The van der Waals surface area contributed by atoms with Crippen LogP contribution in [0.5, 0.6) is 0 Å². The molecule has 3 aromatic rings. The van der Waals surface area contributed by atoms with Gasteiger partial charge in [-0.25, -0.2) is 14.4 Å². The van der Waals surface area contributed by atoms with E-state index in [9.17, 15) is 9.60 Å². The van der Waals surface area contributed by atoms with Gasteiger partial charge in [-0.3, -0.25) is 15.7 Å². The molecule has 10 heteroatoms. The number of nitrogens with zero attached hydrogens (tertiary/aromatic N) is 4. The second-order valence-electron chi connectivity index (χ2n) is 6.29. The predicted molar refractivity (Wildman–Crippen MR) is 111 cm³/mol. The maximum atomic E-state index is 13.4. The van der Waals surface area contributed by atoms with Crippen molar-refractivity contribution < 1.29 is 9.60 Å². The van der Waals surface area contributed by atoms with Gasteiger partial charge in [0.2, 0.25) is 5.95 Å². The van der Waals surface area contributed by atoms with Gasteiger partial charge in [0.25, 0.3) is 0 Å². The monoisotopic (exact) mass is 413 g/mol. The maximum absolute atomic E-state index is 13.4. The van der Waals surface area contributed by atoms with E-state index in [0.717, 1.165) is 18.6 Å². The fraction of sp³-hybridized carbons (Fsp3) is 0.158. The van der Waals surface area contributed by atoms with Gasteiger partial charge in [-0.15, -0.1) is 0 Å². The number of benzene rings is 1. The Morgan fingerprint density at radius 3 is 3.00 bits per heavy atom. The third-order valence-electron chi connectivity index (χ3n) is 4.32. The van der Waals surface area contributed by atoms with Gasteiger partial charge in [0.1, 0.15) is 5.82 Å². The molecular formula is C19H17ClFN7O. The topological polar surface area (TPSA) is 111 Å². The summed E-state index contributed by atoms with van der Waals surface area (Å²) in [5.74, 6) is 0.120. The van der Waals surface area contributed by atoms with Crippen LogP contribution in [-0.2, 0) is 0 Å². The Labute approximate surface area is 170 Å². The SMILES string of the molecule is ONC(=Nc1ccc(F)c(Cl)c1)c1ccnc2nc(NCC3=NC=CCC3)[nH]c12. The van der Waals surface area contributed by atoms with E-state index in [4.69, 9.17) is 11.6 Å². The molecule has 1 aliphatic heterocycles. The van der Waals surface area contributed by atoms with Crippen LogP contribution in [0.15, 0.2) is 52.7 Å². The van der Waals surface area contributed by atoms with Gasteiger partial charge in [-0.05, 0) is 37.1 Å². The first-order valence-corrected chi connectivity index (χ1v) is 9.25. The molecular weight excluding hydrogens is 397 g/mol. The van der Waals surface area contributed by atoms with Crippen molar-refractivity contribution in [3.63, 3.8) is 0 Å². The quantitative estimate of drug-likeness (QED) is 0.287. The van der Waals surface area contributed by atoms with Crippen LogP contribution >= 0.6 is 11.6 Å². The highest BCUT2D eigenvalue weighted by atomic mass is 35.5. The molecule has 0 amide bonds. The molecule has 1 aromatic carbocycles. The van der Waals surface area contributed by atoms with Crippen molar-refractivity contribution in [2.75, 3.05) is 11.9 Å². The number of aliphatic imine (C=N–C) groups is 2. The van der Waals surface area contributed by atoms with Crippen molar-refractivity contribution in [2.45, 2.75) is 12.8 Å². The lowest BCUT2D eigenvalue weighted by Crippen LogP contribution is -2.20. The summed E-state index contributed by atoms with van der Waals surface area (Å²) >= 11 is 5.81. The van der Waals surface area contributed by atoms with E-state index in [2.05, 4.69) is 35.7 Å². The molecule has 0 saturated heterocycles. The number of fused-ring (bicyclic) bond motifs is 1. The predicted octanol–water partition coefficient (Wildman–Crippen LogP) is 3.97. The van der Waals surface area contributed by atoms with Crippen LogP contribution in [0.4, 0.5) is 16.0 Å². The second-order valence-corrected chi connectivity index (χ2v) is 6.69. The standard InChI is InChI=1S/C19H17ClFN7O/c20-14-9-11(4-5-15(14)21)25-17(28-29)13-6-8-23-18-16(13)26-19(27-18)24-10-12-3-1-2-7-22-12/h2,4-9,29H,1,3,10H2,(H,25,28)(H2,23,24,26,27). The molecule has 0 unspecified atom stereocenters. The summed E-state index contributed by atoms with van der Waals surface area (Å²) in [7, 11) is 0. The minimum atomic E-state index is -0.544. The summed E-state index contributed by atoms with van der Waals surface area (Å²) in [6, 6.07) is 5.70. The van der Waals surface area contributed by atoms with Gasteiger partial charge in [0.15, 0.2) is 11.5 Å². The number of rotatable bonds is 5. The van der Waals surface area contributed by atoms with Gasteiger partial charge in [0, 0.05) is 23.7 Å². The Morgan fingerprint density at radius 1 is 1.34 bits per heavy atom. The summed E-state index contributed by atoms with van der Waals surface area (Å²) in [6.07, 6.45) is 7.26. The fourth-order valence-corrected chi connectivity index (χ4v) is 3.06. The highest BCUT2D eigenvalue weighted by Gasteiger charge is 2.14. The lowest BCUT2D eigenvalue weighted by atomic mass is 10.2. The smallest absolute Gasteiger partial charge is 0.203 e. The van der Waals surface area contributed by atoms with Gasteiger partial charge < -0.3 is 10.3 Å². The first-order valence-electron chi connectivity index (χ1n) is 8.87. The molecule has 29 heavy (non-hydrogen) atoms. The van der Waals surface area contributed by atoms with Crippen LogP contribution < -0.4 is 10.8 Å². The summed E-state index contributed by atoms with van der Waals surface area (Å²) in [5, 5.41) is 12.8. The Morgan fingerprint density at radius 2 is 2.24 bits per heavy atom. The van der Waals surface area contributed by atoms with Crippen LogP contribution in [0.25, 0.3) is 11.2 Å². The lowest BCUT2D eigenvalue weighted by Gasteiger charge is -2.08. The third kappa shape index (κ3) is 4.25. The maximum Gasteiger partial charge on any atom is 0.203 e. The van der Waals surface area contributed by atoms with Crippen LogP contribution in [0.1, 0.15) is 18.4 Å². The summed E-state index contributed by atoms with van der Waals surface area (Å²) < 4.78 is 13.4. The van der Waals surface area contributed by atoms with Gasteiger partial charge in [-0.2, -0.15) is 4.98 Å². The summed E-state index contributed by atoms with van der Waals surface area (Å²) in [6.45, 7) is 0.562.